The van der Waals surface area contributed by atoms with Crippen molar-refractivity contribution < 1.29 is 19.4 Å². The standard InChI is InChI=1S/C20H19NO4S/c1-13-6-8-14(9-7-13)11-25-19-16(4-3-5-17(19)24-2)20-21-15(12-26-20)10-18(22)23/h3-9,12H,10-11H2,1-2H3,(H,22,23). The van der Waals surface area contributed by atoms with Crippen LogP contribution < -0.4 is 9.47 Å². The Bertz CT molecular complexity index is 902. The second kappa shape index (κ2) is 8.01. The number of nitrogens with zero attached hydrogens (tertiary/aromatic N) is 1. The van der Waals surface area contributed by atoms with Crippen LogP contribution in [0.15, 0.2) is 47.8 Å². The van der Waals surface area contributed by atoms with Crippen LogP contribution in [0, 0.1) is 6.92 Å². The van der Waals surface area contributed by atoms with Gasteiger partial charge in [-0.2, -0.15) is 0 Å². The molecule has 1 N–H and O–H groups in total. The maximum absolute atomic E-state index is 10.9. The summed E-state index contributed by atoms with van der Waals surface area (Å²) in [5.74, 6) is 0.319. The molecule has 5 nitrogen and oxygen atoms in total. The quantitative estimate of drug-likeness (QED) is 0.671. The minimum atomic E-state index is -0.900. The number of carboxylic acid groups (broad SMARTS) is 1. The highest BCUT2D eigenvalue weighted by Gasteiger charge is 2.16. The van der Waals surface area contributed by atoms with Crippen LogP contribution in [-0.2, 0) is 17.8 Å². The largest absolute Gasteiger partial charge is 0.493 e. The van der Waals surface area contributed by atoms with Gasteiger partial charge in [0.05, 0.1) is 24.8 Å². The molecule has 1 aromatic heterocycles. The molecule has 3 rings (SSSR count). The highest BCUT2D eigenvalue weighted by Crippen LogP contribution is 2.39. The molecular formula is C20H19NO4S. The van der Waals surface area contributed by atoms with Gasteiger partial charge < -0.3 is 14.6 Å². The van der Waals surface area contributed by atoms with Crippen molar-refractivity contribution >= 4 is 17.3 Å². The van der Waals surface area contributed by atoms with Crippen molar-refractivity contribution in [1.29, 1.82) is 0 Å². The summed E-state index contributed by atoms with van der Waals surface area (Å²) in [7, 11) is 1.59. The van der Waals surface area contributed by atoms with Gasteiger partial charge in [-0.3, -0.25) is 4.79 Å². The third kappa shape index (κ3) is 4.21. The first-order valence-electron chi connectivity index (χ1n) is 8.08. The summed E-state index contributed by atoms with van der Waals surface area (Å²) < 4.78 is 11.5. The number of para-hydroxylation sites is 1. The van der Waals surface area contributed by atoms with Crippen molar-refractivity contribution in [2.24, 2.45) is 0 Å². The molecule has 0 unspecified atom stereocenters. The van der Waals surface area contributed by atoms with Crippen molar-refractivity contribution in [1.82, 2.24) is 4.98 Å². The molecule has 0 amide bonds. The molecule has 0 bridgehead atoms. The minimum Gasteiger partial charge on any atom is -0.493 e. The lowest BCUT2D eigenvalue weighted by atomic mass is 10.1. The number of aliphatic carboxylic acids is 1. The molecule has 1 heterocycles. The summed E-state index contributed by atoms with van der Waals surface area (Å²) in [6, 6.07) is 13.7. The monoisotopic (exact) mass is 369 g/mol. The van der Waals surface area contributed by atoms with Gasteiger partial charge >= 0.3 is 5.97 Å². The zero-order chi connectivity index (χ0) is 18.5. The molecule has 0 aliphatic heterocycles. The number of thiazole rings is 1. The van der Waals surface area contributed by atoms with Gasteiger partial charge in [0.1, 0.15) is 11.6 Å². The Morgan fingerprint density at radius 3 is 2.65 bits per heavy atom. The first-order chi connectivity index (χ1) is 12.6. The molecule has 2 aromatic carbocycles. The molecule has 0 spiro atoms. The number of hydrogen-bond donors (Lipinski definition) is 1. The van der Waals surface area contributed by atoms with Crippen LogP contribution in [0.1, 0.15) is 16.8 Å². The van der Waals surface area contributed by atoms with E-state index in [2.05, 4.69) is 4.98 Å². The van der Waals surface area contributed by atoms with Gasteiger partial charge in [-0.05, 0) is 24.6 Å². The molecule has 0 saturated carbocycles. The van der Waals surface area contributed by atoms with E-state index in [0.717, 1.165) is 11.1 Å². The number of aryl methyl sites for hydroxylation is 1. The predicted molar refractivity (Wildman–Crippen MR) is 101 cm³/mol. The summed E-state index contributed by atoms with van der Waals surface area (Å²) in [4.78, 5) is 15.3. The molecular weight excluding hydrogens is 350 g/mol. The first kappa shape index (κ1) is 17.9. The van der Waals surface area contributed by atoms with Crippen LogP contribution in [0.3, 0.4) is 0 Å². The van der Waals surface area contributed by atoms with Gasteiger partial charge in [-0.15, -0.1) is 11.3 Å². The van der Waals surface area contributed by atoms with Gasteiger partial charge in [0.2, 0.25) is 0 Å². The Hall–Kier alpha value is -2.86. The smallest absolute Gasteiger partial charge is 0.309 e. The van der Waals surface area contributed by atoms with E-state index in [1.807, 2.05) is 49.4 Å². The molecule has 134 valence electrons. The molecule has 3 aromatic rings. The summed E-state index contributed by atoms with van der Waals surface area (Å²) in [5, 5.41) is 11.4. The zero-order valence-corrected chi connectivity index (χ0v) is 15.4. The van der Waals surface area contributed by atoms with Gasteiger partial charge in [0.25, 0.3) is 0 Å². The fourth-order valence-electron chi connectivity index (χ4n) is 2.50. The van der Waals surface area contributed by atoms with E-state index >= 15 is 0 Å². The fraction of sp³-hybridized carbons (Fsp3) is 0.200. The molecule has 0 aliphatic carbocycles. The summed E-state index contributed by atoms with van der Waals surface area (Å²) in [5.41, 5.74) is 3.57. The summed E-state index contributed by atoms with van der Waals surface area (Å²) in [6.45, 7) is 2.45. The minimum absolute atomic E-state index is 0.0972. The second-order valence-corrected chi connectivity index (χ2v) is 6.68. The Balaban J connectivity index is 1.89. The number of hydrogen-bond acceptors (Lipinski definition) is 5. The van der Waals surface area contributed by atoms with E-state index in [1.165, 1.54) is 16.9 Å². The van der Waals surface area contributed by atoms with Gasteiger partial charge in [-0.1, -0.05) is 35.9 Å². The number of rotatable bonds is 7. The van der Waals surface area contributed by atoms with Crippen LogP contribution >= 0.6 is 11.3 Å². The Morgan fingerprint density at radius 2 is 1.96 bits per heavy atom. The fourth-order valence-corrected chi connectivity index (χ4v) is 3.34. The van der Waals surface area contributed by atoms with Gasteiger partial charge in [0.15, 0.2) is 11.5 Å². The molecule has 0 saturated heterocycles. The highest BCUT2D eigenvalue weighted by molar-refractivity contribution is 7.13. The molecule has 0 fully saturated rings. The normalized spacial score (nSPS) is 10.5. The average Bonchev–Trinajstić information content (AvgIpc) is 3.08. The van der Waals surface area contributed by atoms with Crippen molar-refractivity contribution in [3.05, 3.63) is 64.7 Å². The van der Waals surface area contributed by atoms with Crippen LogP contribution in [0.5, 0.6) is 11.5 Å². The van der Waals surface area contributed by atoms with E-state index in [4.69, 9.17) is 14.6 Å². The molecule has 6 heteroatoms. The van der Waals surface area contributed by atoms with E-state index < -0.39 is 5.97 Å². The lowest BCUT2D eigenvalue weighted by Gasteiger charge is -2.14. The van der Waals surface area contributed by atoms with E-state index in [-0.39, 0.29) is 6.42 Å². The molecule has 0 radical (unpaired) electrons. The maximum atomic E-state index is 10.9. The Kier molecular flexibility index (Phi) is 5.53. The van der Waals surface area contributed by atoms with Crippen LogP contribution in [-0.4, -0.2) is 23.2 Å². The van der Waals surface area contributed by atoms with Crippen LogP contribution in [0.25, 0.3) is 10.6 Å². The van der Waals surface area contributed by atoms with Crippen molar-refractivity contribution in [2.75, 3.05) is 7.11 Å². The van der Waals surface area contributed by atoms with Crippen LogP contribution in [0.4, 0.5) is 0 Å². The number of aromatic nitrogens is 1. The number of carboxylic acids is 1. The third-order valence-corrected chi connectivity index (χ3v) is 4.74. The first-order valence-corrected chi connectivity index (χ1v) is 8.96. The molecule has 26 heavy (non-hydrogen) atoms. The van der Waals surface area contributed by atoms with Crippen molar-refractivity contribution in [2.45, 2.75) is 20.0 Å². The lowest BCUT2D eigenvalue weighted by Crippen LogP contribution is -2.01. The predicted octanol–water partition coefficient (Wildman–Crippen LogP) is 4.33. The van der Waals surface area contributed by atoms with E-state index in [9.17, 15) is 4.79 Å². The summed E-state index contributed by atoms with van der Waals surface area (Å²) >= 11 is 1.39. The highest BCUT2D eigenvalue weighted by atomic mass is 32.1. The van der Waals surface area contributed by atoms with Gasteiger partial charge in [0, 0.05) is 5.38 Å². The van der Waals surface area contributed by atoms with Crippen molar-refractivity contribution in [3.63, 3.8) is 0 Å². The number of benzene rings is 2. The number of ether oxygens (including phenoxy) is 2. The van der Waals surface area contributed by atoms with Crippen molar-refractivity contribution in [3.8, 4) is 22.1 Å². The molecule has 0 aliphatic rings. The average molecular weight is 369 g/mol. The second-order valence-electron chi connectivity index (χ2n) is 5.83. The Labute approximate surface area is 155 Å². The SMILES string of the molecule is COc1cccc(-c2nc(CC(=O)O)cs2)c1OCc1ccc(C)cc1. The third-order valence-electron chi connectivity index (χ3n) is 3.82. The lowest BCUT2D eigenvalue weighted by molar-refractivity contribution is -0.136. The maximum Gasteiger partial charge on any atom is 0.309 e. The zero-order valence-electron chi connectivity index (χ0n) is 14.6. The van der Waals surface area contributed by atoms with Gasteiger partial charge in [-0.25, -0.2) is 4.98 Å². The Morgan fingerprint density at radius 1 is 1.19 bits per heavy atom. The molecule has 0 atom stereocenters. The summed E-state index contributed by atoms with van der Waals surface area (Å²) in [6.07, 6.45) is -0.0972. The van der Waals surface area contributed by atoms with E-state index in [0.29, 0.717) is 28.8 Å². The topological polar surface area (TPSA) is 68.7 Å². The number of methoxy groups -OCH3 is 1. The van der Waals surface area contributed by atoms with Crippen LogP contribution in [0.2, 0.25) is 0 Å². The number of carbonyl (C=O) groups is 1. The van der Waals surface area contributed by atoms with E-state index in [1.54, 1.807) is 12.5 Å².